The zero-order chi connectivity index (χ0) is 12.5. The lowest BCUT2D eigenvalue weighted by molar-refractivity contribution is -0.140. The van der Waals surface area contributed by atoms with Crippen LogP contribution in [0.25, 0.3) is 0 Å². The number of methoxy groups -OCH3 is 1. The van der Waals surface area contributed by atoms with Gasteiger partial charge in [0, 0.05) is 19.5 Å². The minimum absolute atomic E-state index is 0.144. The summed E-state index contributed by atoms with van der Waals surface area (Å²) in [5.74, 6) is 0.138. The molecule has 0 aliphatic carbocycles. The quantitative estimate of drug-likeness (QED) is 0.502. The minimum Gasteiger partial charge on any atom is -0.469 e. The molecule has 1 amide bonds. The number of ether oxygens (including phenoxy) is 1. The lowest BCUT2D eigenvalue weighted by atomic mass is 10.1. The molecule has 1 saturated heterocycles. The first-order chi connectivity index (χ1) is 8.24. The van der Waals surface area contributed by atoms with Crippen molar-refractivity contribution in [2.75, 3.05) is 26.7 Å². The van der Waals surface area contributed by atoms with Gasteiger partial charge in [0.05, 0.1) is 13.0 Å². The molecule has 1 rings (SSSR count). The smallest absolute Gasteiger partial charge is 0.305 e. The number of carbonyl (C=O) groups excluding carboxylic acids is 2. The highest BCUT2D eigenvalue weighted by Crippen LogP contribution is 2.07. The molecule has 0 aromatic rings. The third kappa shape index (κ3) is 5.68. The number of hydrogen-bond acceptors (Lipinski definition) is 4. The fourth-order valence-corrected chi connectivity index (χ4v) is 1.91. The average molecular weight is 242 g/mol. The van der Waals surface area contributed by atoms with Gasteiger partial charge in [-0.2, -0.15) is 0 Å². The maximum Gasteiger partial charge on any atom is 0.305 e. The van der Waals surface area contributed by atoms with Crippen LogP contribution in [0.5, 0.6) is 0 Å². The summed E-state index contributed by atoms with van der Waals surface area (Å²) in [5, 5.41) is 6.10. The number of unbranched alkanes of at least 4 members (excludes halogenated alkanes) is 2. The Bertz CT molecular complexity index is 250. The molecule has 1 aliphatic heterocycles. The second-order valence-corrected chi connectivity index (χ2v) is 4.37. The molecule has 0 radical (unpaired) electrons. The average Bonchev–Trinajstić information content (AvgIpc) is 2.86. The summed E-state index contributed by atoms with van der Waals surface area (Å²) in [6.07, 6.45) is 4.10. The predicted molar refractivity (Wildman–Crippen MR) is 64.5 cm³/mol. The van der Waals surface area contributed by atoms with Gasteiger partial charge in [-0.05, 0) is 25.8 Å². The van der Waals surface area contributed by atoms with Crippen LogP contribution in [-0.4, -0.2) is 38.6 Å². The van der Waals surface area contributed by atoms with E-state index in [1.54, 1.807) is 0 Å². The molecule has 0 spiro atoms. The van der Waals surface area contributed by atoms with Gasteiger partial charge in [-0.1, -0.05) is 6.42 Å². The largest absolute Gasteiger partial charge is 0.469 e. The predicted octanol–water partition coefficient (Wildman–Crippen LogP) is 0.445. The highest BCUT2D eigenvalue weighted by Gasteiger charge is 2.21. The van der Waals surface area contributed by atoms with Crippen molar-refractivity contribution in [1.29, 1.82) is 0 Å². The van der Waals surface area contributed by atoms with Crippen LogP contribution in [0.15, 0.2) is 0 Å². The summed E-state index contributed by atoms with van der Waals surface area (Å²) < 4.78 is 4.55. The molecule has 17 heavy (non-hydrogen) atoms. The van der Waals surface area contributed by atoms with E-state index in [1.807, 2.05) is 0 Å². The molecule has 1 heterocycles. The molecular formula is C12H22N2O3. The van der Waals surface area contributed by atoms with Crippen LogP contribution in [0, 0.1) is 5.92 Å². The highest BCUT2D eigenvalue weighted by atomic mass is 16.5. The highest BCUT2D eigenvalue weighted by molar-refractivity contribution is 5.79. The van der Waals surface area contributed by atoms with E-state index in [4.69, 9.17) is 0 Å². The van der Waals surface area contributed by atoms with E-state index in [-0.39, 0.29) is 17.8 Å². The maximum atomic E-state index is 11.6. The standard InChI is InChI=1S/C12H22N2O3/c1-17-11(15)5-3-2-4-7-14-12(16)10-6-8-13-9-10/h10,13H,2-9H2,1H3,(H,14,16). The van der Waals surface area contributed by atoms with Crippen LogP contribution in [0.3, 0.4) is 0 Å². The van der Waals surface area contributed by atoms with Crippen LogP contribution >= 0.6 is 0 Å². The molecule has 1 atom stereocenters. The number of carbonyl (C=O) groups is 2. The summed E-state index contributed by atoms with van der Waals surface area (Å²) in [4.78, 5) is 22.4. The lowest BCUT2D eigenvalue weighted by Gasteiger charge is -2.09. The Morgan fingerprint density at radius 3 is 2.82 bits per heavy atom. The van der Waals surface area contributed by atoms with E-state index < -0.39 is 0 Å². The molecule has 1 unspecified atom stereocenters. The van der Waals surface area contributed by atoms with E-state index in [2.05, 4.69) is 15.4 Å². The molecule has 1 fully saturated rings. The Morgan fingerprint density at radius 1 is 1.35 bits per heavy atom. The Hall–Kier alpha value is -1.10. The van der Waals surface area contributed by atoms with Gasteiger partial charge in [0.25, 0.3) is 0 Å². The van der Waals surface area contributed by atoms with Gasteiger partial charge in [-0.25, -0.2) is 0 Å². The Morgan fingerprint density at radius 2 is 2.18 bits per heavy atom. The summed E-state index contributed by atoms with van der Waals surface area (Å²) in [5.41, 5.74) is 0. The van der Waals surface area contributed by atoms with Crippen molar-refractivity contribution < 1.29 is 14.3 Å². The van der Waals surface area contributed by atoms with Gasteiger partial charge < -0.3 is 15.4 Å². The third-order valence-electron chi connectivity index (χ3n) is 3.02. The zero-order valence-electron chi connectivity index (χ0n) is 10.5. The normalized spacial score (nSPS) is 19.0. The van der Waals surface area contributed by atoms with Crippen LogP contribution in [-0.2, 0) is 14.3 Å². The van der Waals surface area contributed by atoms with Crippen molar-refractivity contribution in [2.45, 2.75) is 32.1 Å². The van der Waals surface area contributed by atoms with Crippen molar-refractivity contribution >= 4 is 11.9 Å². The lowest BCUT2D eigenvalue weighted by Crippen LogP contribution is -2.32. The molecule has 5 heteroatoms. The van der Waals surface area contributed by atoms with E-state index in [9.17, 15) is 9.59 Å². The third-order valence-corrected chi connectivity index (χ3v) is 3.02. The van der Waals surface area contributed by atoms with Crippen molar-refractivity contribution in [2.24, 2.45) is 5.92 Å². The summed E-state index contributed by atoms with van der Waals surface area (Å²) >= 11 is 0. The number of nitrogens with one attached hydrogen (secondary N) is 2. The second-order valence-electron chi connectivity index (χ2n) is 4.37. The Labute approximate surface area is 102 Å². The molecular weight excluding hydrogens is 220 g/mol. The van der Waals surface area contributed by atoms with Gasteiger partial charge >= 0.3 is 5.97 Å². The molecule has 0 aromatic carbocycles. The Kier molecular flexibility index (Phi) is 6.62. The van der Waals surface area contributed by atoms with Gasteiger partial charge in [0.2, 0.25) is 5.91 Å². The van der Waals surface area contributed by atoms with E-state index in [0.717, 1.165) is 38.8 Å². The van der Waals surface area contributed by atoms with Crippen LogP contribution in [0.1, 0.15) is 32.1 Å². The van der Waals surface area contributed by atoms with Crippen molar-refractivity contribution in [1.82, 2.24) is 10.6 Å². The van der Waals surface area contributed by atoms with Crippen molar-refractivity contribution in [3.05, 3.63) is 0 Å². The van der Waals surface area contributed by atoms with E-state index in [0.29, 0.717) is 13.0 Å². The molecule has 0 aromatic heterocycles. The Balaban J connectivity index is 1.93. The number of hydrogen-bond donors (Lipinski definition) is 2. The van der Waals surface area contributed by atoms with Crippen LogP contribution in [0.4, 0.5) is 0 Å². The molecule has 98 valence electrons. The molecule has 2 N–H and O–H groups in total. The SMILES string of the molecule is COC(=O)CCCCCNC(=O)C1CCNC1. The second kappa shape index (κ2) is 8.06. The fourth-order valence-electron chi connectivity index (χ4n) is 1.91. The first kappa shape index (κ1) is 14.0. The first-order valence-corrected chi connectivity index (χ1v) is 6.29. The maximum absolute atomic E-state index is 11.6. The molecule has 0 bridgehead atoms. The van der Waals surface area contributed by atoms with Gasteiger partial charge in [0.15, 0.2) is 0 Å². The van der Waals surface area contributed by atoms with Crippen LogP contribution < -0.4 is 10.6 Å². The van der Waals surface area contributed by atoms with E-state index in [1.165, 1.54) is 7.11 Å². The molecule has 5 nitrogen and oxygen atoms in total. The summed E-state index contributed by atoms with van der Waals surface area (Å²) in [6, 6.07) is 0. The number of amides is 1. The van der Waals surface area contributed by atoms with Crippen LogP contribution in [0.2, 0.25) is 0 Å². The van der Waals surface area contributed by atoms with Crippen molar-refractivity contribution in [3.8, 4) is 0 Å². The number of rotatable bonds is 7. The minimum atomic E-state index is -0.161. The topological polar surface area (TPSA) is 67.4 Å². The van der Waals surface area contributed by atoms with Gasteiger partial charge in [-0.15, -0.1) is 0 Å². The van der Waals surface area contributed by atoms with Gasteiger partial charge in [0.1, 0.15) is 0 Å². The monoisotopic (exact) mass is 242 g/mol. The first-order valence-electron chi connectivity index (χ1n) is 6.29. The van der Waals surface area contributed by atoms with E-state index >= 15 is 0 Å². The van der Waals surface area contributed by atoms with Gasteiger partial charge in [-0.3, -0.25) is 9.59 Å². The van der Waals surface area contributed by atoms with Crippen molar-refractivity contribution in [3.63, 3.8) is 0 Å². The molecule has 0 saturated carbocycles. The summed E-state index contributed by atoms with van der Waals surface area (Å²) in [6.45, 7) is 2.45. The fraction of sp³-hybridized carbons (Fsp3) is 0.833. The molecule has 1 aliphatic rings. The number of esters is 1. The summed E-state index contributed by atoms with van der Waals surface area (Å²) in [7, 11) is 1.40. The zero-order valence-corrected chi connectivity index (χ0v) is 10.5.